The van der Waals surface area contributed by atoms with Crippen LogP contribution in [0.2, 0.25) is 0 Å². The van der Waals surface area contributed by atoms with Crippen molar-refractivity contribution in [2.24, 2.45) is 0 Å². The highest BCUT2D eigenvalue weighted by molar-refractivity contribution is 9.10. The molecule has 1 amide bonds. The molecule has 0 atom stereocenters. The summed E-state index contributed by atoms with van der Waals surface area (Å²) in [5.41, 5.74) is 1.92. The molecular weight excluding hydrogens is 432 g/mol. The summed E-state index contributed by atoms with van der Waals surface area (Å²) in [5.74, 6) is 1.16. The largest absolute Gasteiger partial charge is 0.324 e. The fourth-order valence-electron chi connectivity index (χ4n) is 2.65. The predicted molar refractivity (Wildman–Crippen MR) is 110 cm³/mol. The van der Waals surface area contributed by atoms with Gasteiger partial charge in [0.15, 0.2) is 11.0 Å². The van der Waals surface area contributed by atoms with E-state index in [1.165, 1.54) is 11.8 Å². The molecule has 0 unspecified atom stereocenters. The number of aryl methyl sites for hydroxylation is 1. The number of carbonyl (C=O) groups is 1. The molecule has 1 fully saturated rings. The molecule has 2 heterocycles. The maximum absolute atomic E-state index is 12.3. The van der Waals surface area contributed by atoms with Crippen LogP contribution in [0.15, 0.2) is 45.3 Å². The Bertz CT molecular complexity index is 935. The lowest BCUT2D eigenvalue weighted by Crippen LogP contribution is -2.15. The number of hydrogen-bond donors (Lipinski definition) is 1. The molecule has 3 aromatic rings. The summed E-state index contributed by atoms with van der Waals surface area (Å²) in [6, 6.07) is 10.4. The molecule has 0 aliphatic heterocycles. The molecule has 4 rings (SSSR count). The first-order valence-corrected chi connectivity index (χ1v) is 11.0. The van der Waals surface area contributed by atoms with Gasteiger partial charge in [-0.1, -0.05) is 23.9 Å². The van der Waals surface area contributed by atoms with Crippen LogP contribution in [0.4, 0.5) is 5.69 Å². The molecule has 1 aromatic carbocycles. The highest BCUT2D eigenvalue weighted by Gasteiger charge is 2.30. The Balaban J connectivity index is 1.45. The van der Waals surface area contributed by atoms with Crippen LogP contribution in [0, 0.1) is 6.92 Å². The third-order valence-electron chi connectivity index (χ3n) is 4.05. The minimum absolute atomic E-state index is 0.0532. The third kappa shape index (κ3) is 3.87. The Labute approximate surface area is 168 Å². The second kappa shape index (κ2) is 7.54. The van der Waals surface area contributed by atoms with Crippen LogP contribution in [0.1, 0.15) is 24.4 Å². The van der Waals surface area contributed by atoms with Crippen LogP contribution in [0.25, 0.3) is 10.7 Å². The van der Waals surface area contributed by atoms with Gasteiger partial charge in [-0.15, -0.1) is 21.5 Å². The van der Waals surface area contributed by atoms with Crippen LogP contribution in [-0.2, 0) is 4.79 Å². The summed E-state index contributed by atoms with van der Waals surface area (Å²) in [6.45, 7) is 2.02. The number of benzene rings is 1. The fraction of sp³-hybridized carbons (Fsp3) is 0.278. The van der Waals surface area contributed by atoms with E-state index in [0.717, 1.165) is 44.4 Å². The Morgan fingerprint density at radius 3 is 2.92 bits per heavy atom. The molecule has 1 aliphatic rings. The van der Waals surface area contributed by atoms with Crippen molar-refractivity contribution in [3.63, 3.8) is 0 Å². The van der Waals surface area contributed by atoms with Crippen molar-refractivity contribution in [3.05, 3.63) is 45.7 Å². The Morgan fingerprint density at radius 1 is 1.38 bits per heavy atom. The molecule has 1 N–H and O–H groups in total. The Hall–Kier alpha value is -1.64. The number of carbonyl (C=O) groups excluding carboxylic acids is 1. The van der Waals surface area contributed by atoms with Crippen molar-refractivity contribution >= 4 is 50.6 Å². The summed E-state index contributed by atoms with van der Waals surface area (Å²) in [5, 5.41) is 14.5. The lowest BCUT2D eigenvalue weighted by atomic mass is 10.2. The summed E-state index contributed by atoms with van der Waals surface area (Å²) in [6.07, 6.45) is 2.29. The van der Waals surface area contributed by atoms with E-state index >= 15 is 0 Å². The molecule has 0 radical (unpaired) electrons. The van der Waals surface area contributed by atoms with Gasteiger partial charge in [-0.3, -0.25) is 9.36 Å². The van der Waals surface area contributed by atoms with Crippen LogP contribution in [0.3, 0.4) is 0 Å². The standard InChI is InChI=1S/C18H17BrN4OS2/c1-11-4-7-14(13(19)9-11)20-16(24)10-26-18-22-21-17(15-3-2-8-25-15)23(18)12-5-6-12/h2-4,7-9,12H,5-6,10H2,1H3,(H,20,24). The SMILES string of the molecule is Cc1ccc(NC(=O)CSc2nnc(-c3cccs3)n2C2CC2)c(Br)c1. The summed E-state index contributed by atoms with van der Waals surface area (Å²) in [7, 11) is 0. The number of nitrogens with zero attached hydrogens (tertiary/aromatic N) is 3. The van der Waals surface area contributed by atoms with Gasteiger partial charge in [0, 0.05) is 10.5 Å². The van der Waals surface area contributed by atoms with Gasteiger partial charge in [0.05, 0.1) is 16.3 Å². The van der Waals surface area contributed by atoms with Gasteiger partial charge in [-0.05, 0) is 64.8 Å². The first-order chi connectivity index (χ1) is 12.6. The maximum atomic E-state index is 12.3. The van der Waals surface area contributed by atoms with Crippen LogP contribution < -0.4 is 5.32 Å². The first kappa shape index (κ1) is 17.8. The van der Waals surface area contributed by atoms with Gasteiger partial charge < -0.3 is 5.32 Å². The molecule has 1 saturated carbocycles. The molecule has 26 heavy (non-hydrogen) atoms. The minimum Gasteiger partial charge on any atom is -0.324 e. The average Bonchev–Trinajstić information content (AvgIpc) is 3.14. The minimum atomic E-state index is -0.0532. The van der Waals surface area contributed by atoms with Crippen LogP contribution in [-0.4, -0.2) is 26.4 Å². The van der Waals surface area contributed by atoms with Gasteiger partial charge >= 0.3 is 0 Å². The number of rotatable bonds is 6. The summed E-state index contributed by atoms with van der Waals surface area (Å²) >= 11 is 6.59. The van der Waals surface area contributed by atoms with Crippen molar-refractivity contribution < 1.29 is 4.79 Å². The molecule has 0 bridgehead atoms. The van der Waals surface area contributed by atoms with E-state index in [0.29, 0.717) is 11.8 Å². The predicted octanol–water partition coefficient (Wildman–Crippen LogP) is 5.14. The zero-order chi connectivity index (χ0) is 18.1. The van der Waals surface area contributed by atoms with Gasteiger partial charge in [0.1, 0.15) is 0 Å². The first-order valence-electron chi connectivity index (χ1n) is 8.29. The number of halogens is 1. The molecular formula is C18H17BrN4OS2. The Morgan fingerprint density at radius 2 is 2.23 bits per heavy atom. The van der Waals surface area contributed by atoms with Crippen molar-refractivity contribution in [2.75, 3.05) is 11.1 Å². The van der Waals surface area contributed by atoms with Crippen molar-refractivity contribution in [1.82, 2.24) is 14.8 Å². The molecule has 8 heteroatoms. The van der Waals surface area contributed by atoms with Crippen LogP contribution in [0.5, 0.6) is 0 Å². The number of aromatic nitrogens is 3. The van der Waals surface area contributed by atoms with Crippen LogP contribution >= 0.6 is 39.0 Å². The maximum Gasteiger partial charge on any atom is 0.234 e. The van der Waals surface area contributed by atoms with E-state index in [-0.39, 0.29) is 5.91 Å². The summed E-state index contributed by atoms with van der Waals surface area (Å²) in [4.78, 5) is 13.5. The second-order valence-corrected chi connectivity index (χ2v) is 8.95. The zero-order valence-corrected chi connectivity index (χ0v) is 17.3. The van der Waals surface area contributed by atoms with E-state index in [9.17, 15) is 4.79 Å². The quantitative estimate of drug-likeness (QED) is 0.530. The number of thiophene rings is 1. The van der Waals surface area contributed by atoms with E-state index in [2.05, 4.69) is 42.1 Å². The second-order valence-electron chi connectivity index (χ2n) is 6.20. The van der Waals surface area contributed by atoms with Crippen molar-refractivity contribution in [2.45, 2.75) is 31.0 Å². The molecule has 0 saturated heterocycles. The van der Waals surface area contributed by atoms with Crippen molar-refractivity contribution in [3.8, 4) is 10.7 Å². The monoisotopic (exact) mass is 448 g/mol. The van der Waals surface area contributed by atoms with Gasteiger partial charge in [0.2, 0.25) is 5.91 Å². The number of amides is 1. The van der Waals surface area contributed by atoms with Crippen molar-refractivity contribution in [1.29, 1.82) is 0 Å². The third-order valence-corrected chi connectivity index (χ3v) is 6.51. The smallest absolute Gasteiger partial charge is 0.234 e. The molecule has 134 valence electrons. The fourth-order valence-corrected chi connectivity index (χ4v) is 4.75. The normalized spacial score (nSPS) is 13.8. The molecule has 5 nitrogen and oxygen atoms in total. The van der Waals surface area contributed by atoms with E-state index in [1.54, 1.807) is 11.3 Å². The Kier molecular flexibility index (Phi) is 5.15. The van der Waals surface area contributed by atoms with E-state index in [1.807, 2.05) is 36.6 Å². The lowest BCUT2D eigenvalue weighted by molar-refractivity contribution is -0.113. The summed E-state index contributed by atoms with van der Waals surface area (Å²) < 4.78 is 3.07. The number of thioether (sulfide) groups is 1. The highest BCUT2D eigenvalue weighted by Crippen LogP contribution is 2.41. The zero-order valence-electron chi connectivity index (χ0n) is 14.1. The number of anilines is 1. The van der Waals surface area contributed by atoms with Gasteiger partial charge in [0.25, 0.3) is 0 Å². The molecule has 1 aliphatic carbocycles. The van der Waals surface area contributed by atoms with E-state index in [4.69, 9.17) is 0 Å². The number of hydrogen-bond acceptors (Lipinski definition) is 5. The highest BCUT2D eigenvalue weighted by atomic mass is 79.9. The van der Waals surface area contributed by atoms with Gasteiger partial charge in [-0.25, -0.2) is 0 Å². The lowest BCUT2D eigenvalue weighted by Gasteiger charge is -2.09. The van der Waals surface area contributed by atoms with E-state index < -0.39 is 0 Å². The topological polar surface area (TPSA) is 59.8 Å². The molecule has 0 spiro atoms. The van der Waals surface area contributed by atoms with Gasteiger partial charge in [-0.2, -0.15) is 0 Å². The average molecular weight is 449 g/mol. The molecule has 2 aromatic heterocycles. The number of nitrogens with one attached hydrogen (secondary N) is 1.